The van der Waals surface area contributed by atoms with Crippen molar-refractivity contribution in [3.8, 4) is 0 Å². The number of aryl methyl sites for hydroxylation is 1. The Morgan fingerprint density at radius 3 is 2.28 bits per heavy atom. The van der Waals surface area contributed by atoms with E-state index in [1.165, 1.54) is 0 Å². The zero-order valence-corrected chi connectivity index (χ0v) is 12.1. The molecular weight excluding hydrogens is 289 g/mol. The van der Waals surface area contributed by atoms with Gasteiger partial charge in [0, 0.05) is 22.2 Å². The van der Waals surface area contributed by atoms with Gasteiger partial charge in [-0.1, -0.05) is 46.9 Å². The van der Waals surface area contributed by atoms with Gasteiger partial charge in [0.2, 0.25) is 0 Å². The first-order valence-corrected chi connectivity index (χ1v) is 6.64. The van der Waals surface area contributed by atoms with Crippen LogP contribution in [0.5, 0.6) is 0 Å². The summed E-state index contributed by atoms with van der Waals surface area (Å²) in [5.41, 5.74) is 2.90. The fraction of sp³-hybridized carbons (Fsp3) is 0.143. The lowest BCUT2D eigenvalue weighted by Crippen LogP contribution is -2.01. The zero-order chi connectivity index (χ0) is 13.1. The highest BCUT2D eigenvalue weighted by Crippen LogP contribution is 2.27. The van der Waals surface area contributed by atoms with Gasteiger partial charge in [-0.15, -0.1) is 0 Å². The van der Waals surface area contributed by atoms with Crippen LogP contribution in [0.3, 0.4) is 0 Å². The van der Waals surface area contributed by atoms with E-state index in [4.69, 9.17) is 34.8 Å². The van der Waals surface area contributed by atoms with Crippen molar-refractivity contribution in [1.82, 2.24) is 0 Å². The lowest BCUT2D eigenvalue weighted by atomic mass is 10.2. The van der Waals surface area contributed by atoms with Crippen molar-refractivity contribution in [3.63, 3.8) is 0 Å². The minimum atomic E-state index is 0.543. The van der Waals surface area contributed by atoms with E-state index in [2.05, 4.69) is 5.32 Å². The maximum atomic E-state index is 6.11. The summed E-state index contributed by atoms with van der Waals surface area (Å²) in [5, 5.41) is 5.24. The van der Waals surface area contributed by atoms with Gasteiger partial charge in [0.05, 0.1) is 10.7 Å². The van der Waals surface area contributed by atoms with Gasteiger partial charge in [-0.3, -0.25) is 0 Å². The largest absolute Gasteiger partial charge is 0.380 e. The fourth-order valence-electron chi connectivity index (χ4n) is 1.66. The second-order valence-corrected chi connectivity index (χ2v) is 5.26. The summed E-state index contributed by atoms with van der Waals surface area (Å²) in [6.45, 7) is 2.56. The Morgan fingerprint density at radius 1 is 0.944 bits per heavy atom. The van der Waals surface area contributed by atoms with Crippen molar-refractivity contribution in [2.45, 2.75) is 13.5 Å². The van der Waals surface area contributed by atoms with Crippen molar-refractivity contribution in [2.75, 3.05) is 5.32 Å². The third-order valence-corrected chi connectivity index (χ3v) is 3.68. The molecule has 0 amide bonds. The molecule has 4 heteroatoms. The van der Waals surface area contributed by atoms with Crippen LogP contribution in [0.4, 0.5) is 5.69 Å². The summed E-state index contributed by atoms with van der Waals surface area (Å²) in [7, 11) is 0. The summed E-state index contributed by atoms with van der Waals surface area (Å²) < 4.78 is 0. The van der Waals surface area contributed by atoms with E-state index in [-0.39, 0.29) is 0 Å². The van der Waals surface area contributed by atoms with E-state index in [0.717, 1.165) is 16.8 Å². The van der Waals surface area contributed by atoms with E-state index in [0.29, 0.717) is 21.6 Å². The standard InChI is InChI=1S/C14H12Cl3N/c1-9-5-6-13(17)14(7-9)18-8-10-11(15)3-2-4-12(10)16/h2-7,18H,8H2,1H3. The van der Waals surface area contributed by atoms with Crippen molar-refractivity contribution in [3.05, 3.63) is 62.6 Å². The quantitative estimate of drug-likeness (QED) is 0.781. The third kappa shape index (κ3) is 3.11. The van der Waals surface area contributed by atoms with Gasteiger partial charge in [-0.05, 0) is 36.8 Å². The van der Waals surface area contributed by atoms with Gasteiger partial charge in [0.25, 0.3) is 0 Å². The number of hydrogen-bond acceptors (Lipinski definition) is 1. The third-order valence-electron chi connectivity index (χ3n) is 2.64. The Hall–Kier alpha value is -0.890. The second kappa shape index (κ2) is 5.83. The second-order valence-electron chi connectivity index (χ2n) is 4.04. The van der Waals surface area contributed by atoms with Crippen LogP contribution in [0.1, 0.15) is 11.1 Å². The van der Waals surface area contributed by atoms with Crippen LogP contribution in [-0.4, -0.2) is 0 Å². The highest BCUT2D eigenvalue weighted by molar-refractivity contribution is 6.36. The molecule has 2 aromatic carbocycles. The van der Waals surface area contributed by atoms with Crippen LogP contribution in [-0.2, 0) is 6.54 Å². The maximum Gasteiger partial charge on any atom is 0.0637 e. The lowest BCUT2D eigenvalue weighted by molar-refractivity contribution is 1.15. The molecule has 0 saturated carbocycles. The van der Waals surface area contributed by atoms with E-state index >= 15 is 0 Å². The number of anilines is 1. The molecule has 0 radical (unpaired) electrons. The summed E-state index contributed by atoms with van der Waals surface area (Å²) in [4.78, 5) is 0. The van der Waals surface area contributed by atoms with Crippen molar-refractivity contribution in [1.29, 1.82) is 0 Å². The molecule has 18 heavy (non-hydrogen) atoms. The first kappa shape index (κ1) is 13.5. The number of rotatable bonds is 3. The number of benzene rings is 2. The molecule has 0 aliphatic carbocycles. The molecule has 0 atom stereocenters. The number of halogens is 3. The predicted octanol–water partition coefficient (Wildman–Crippen LogP) is 5.57. The average Bonchev–Trinajstić information content (AvgIpc) is 2.33. The van der Waals surface area contributed by atoms with Crippen molar-refractivity contribution >= 4 is 40.5 Å². The van der Waals surface area contributed by atoms with E-state index in [1.807, 2.05) is 43.3 Å². The minimum Gasteiger partial charge on any atom is -0.380 e. The normalized spacial score (nSPS) is 10.4. The molecule has 2 aromatic rings. The van der Waals surface area contributed by atoms with Crippen molar-refractivity contribution in [2.24, 2.45) is 0 Å². The summed E-state index contributed by atoms with van der Waals surface area (Å²) >= 11 is 18.3. The topological polar surface area (TPSA) is 12.0 Å². The molecule has 1 nitrogen and oxygen atoms in total. The molecule has 0 aliphatic rings. The van der Waals surface area contributed by atoms with Gasteiger partial charge in [0.15, 0.2) is 0 Å². The molecular formula is C14H12Cl3N. The van der Waals surface area contributed by atoms with Gasteiger partial charge >= 0.3 is 0 Å². The highest BCUT2D eigenvalue weighted by atomic mass is 35.5. The zero-order valence-electron chi connectivity index (χ0n) is 9.81. The molecule has 0 heterocycles. The van der Waals surface area contributed by atoms with E-state index in [1.54, 1.807) is 0 Å². The number of hydrogen-bond donors (Lipinski definition) is 1. The lowest BCUT2D eigenvalue weighted by Gasteiger charge is -2.11. The molecule has 0 spiro atoms. The van der Waals surface area contributed by atoms with E-state index < -0.39 is 0 Å². The maximum absolute atomic E-state index is 6.11. The monoisotopic (exact) mass is 299 g/mol. The molecule has 94 valence electrons. The first-order valence-electron chi connectivity index (χ1n) is 5.51. The average molecular weight is 301 g/mol. The molecule has 0 bridgehead atoms. The predicted molar refractivity (Wildman–Crippen MR) is 80.0 cm³/mol. The Kier molecular flexibility index (Phi) is 4.39. The van der Waals surface area contributed by atoms with E-state index in [9.17, 15) is 0 Å². The van der Waals surface area contributed by atoms with Crippen LogP contribution < -0.4 is 5.32 Å². The SMILES string of the molecule is Cc1ccc(Cl)c(NCc2c(Cl)cccc2Cl)c1. The van der Waals surface area contributed by atoms with Crippen LogP contribution in [0.25, 0.3) is 0 Å². The van der Waals surface area contributed by atoms with Crippen LogP contribution >= 0.6 is 34.8 Å². The number of nitrogens with one attached hydrogen (secondary N) is 1. The fourth-order valence-corrected chi connectivity index (χ4v) is 2.37. The minimum absolute atomic E-state index is 0.543. The summed E-state index contributed by atoms with van der Waals surface area (Å²) in [6.07, 6.45) is 0. The van der Waals surface area contributed by atoms with Gasteiger partial charge in [-0.2, -0.15) is 0 Å². The molecule has 0 fully saturated rings. The highest BCUT2D eigenvalue weighted by Gasteiger charge is 2.06. The Labute approximate surface area is 122 Å². The molecule has 0 aliphatic heterocycles. The Balaban J connectivity index is 2.19. The van der Waals surface area contributed by atoms with Gasteiger partial charge < -0.3 is 5.32 Å². The Morgan fingerprint density at radius 2 is 1.61 bits per heavy atom. The van der Waals surface area contributed by atoms with Gasteiger partial charge in [-0.25, -0.2) is 0 Å². The van der Waals surface area contributed by atoms with Gasteiger partial charge in [0.1, 0.15) is 0 Å². The smallest absolute Gasteiger partial charge is 0.0637 e. The summed E-state index contributed by atoms with van der Waals surface area (Å²) in [5.74, 6) is 0. The summed E-state index contributed by atoms with van der Waals surface area (Å²) in [6, 6.07) is 11.3. The van der Waals surface area contributed by atoms with Crippen LogP contribution in [0, 0.1) is 6.92 Å². The Bertz CT molecular complexity index is 547. The molecule has 0 unspecified atom stereocenters. The molecule has 0 saturated heterocycles. The first-order chi connectivity index (χ1) is 8.58. The van der Waals surface area contributed by atoms with Crippen molar-refractivity contribution < 1.29 is 0 Å². The van der Waals surface area contributed by atoms with Crippen LogP contribution in [0.2, 0.25) is 15.1 Å². The molecule has 0 aromatic heterocycles. The molecule has 1 N–H and O–H groups in total. The molecule has 2 rings (SSSR count). The van der Waals surface area contributed by atoms with Crippen LogP contribution in [0.15, 0.2) is 36.4 Å².